The van der Waals surface area contributed by atoms with Crippen LogP contribution in [0.5, 0.6) is 0 Å². The van der Waals surface area contributed by atoms with Gasteiger partial charge in [-0.1, -0.05) is 0 Å². The fourth-order valence-electron chi connectivity index (χ4n) is 0.394. The zero-order valence-electron chi connectivity index (χ0n) is 4.88. The second kappa shape index (κ2) is 4.26. The first-order valence-corrected chi connectivity index (χ1v) is 2.66. The van der Waals surface area contributed by atoms with E-state index in [0.717, 1.165) is 0 Å². The van der Waals surface area contributed by atoms with Gasteiger partial charge in [0.2, 0.25) is 0 Å². The highest BCUT2D eigenvalue weighted by molar-refractivity contribution is 5.71. The molecule has 0 rings (SSSR count). The third-order valence-electron chi connectivity index (χ3n) is 0.884. The Bertz CT molecular complexity index is 94.2. The molecule has 0 aromatic rings. The highest BCUT2D eigenvalue weighted by Crippen LogP contribution is 2.00. The zero-order chi connectivity index (χ0) is 7.28. The monoisotopic (exact) mass is 136 g/mol. The average molecular weight is 136 g/mol. The lowest BCUT2D eigenvalue weighted by atomic mass is 10.2. The largest absolute Gasteiger partial charge is 0.479 e. The van der Waals surface area contributed by atoms with Crippen LogP contribution in [0.25, 0.3) is 0 Å². The van der Waals surface area contributed by atoms with Crippen LogP contribution >= 0.6 is 0 Å². The number of aliphatic carboxylic acids is 1. The normalized spacial score (nSPS) is 13.1. The molecule has 0 radical (unpaired) electrons. The lowest BCUT2D eigenvalue weighted by Crippen LogP contribution is -2.14. The van der Waals surface area contributed by atoms with E-state index in [0.29, 0.717) is 0 Å². The molecule has 0 aromatic heterocycles. The van der Waals surface area contributed by atoms with Crippen molar-refractivity contribution in [1.29, 1.82) is 0 Å². The first-order chi connectivity index (χ1) is 4.18. The van der Waals surface area contributed by atoms with Crippen molar-refractivity contribution in [3.05, 3.63) is 0 Å². The number of aliphatic hydroxyl groups is 1. The maximum Gasteiger partial charge on any atom is 0.338 e. The number of rotatable bonds is 4. The number of carbonyl (C=O) groups is 1. The van der Waals surface area contributed by atoms with Crippen molar-refractivity contribution < 1.29 is 19.4 Å². The Morgan fingerprint density at radius 3 is 2.56 bits per heavy atom. The smallest absolute Gasteiger partial charge is 0.338 e. The summed E-state index contributed by atoms with van der Waals surface area (Å²) >= 11 is 0. The zero-order valence-corrected chi connectivity index (χ0v) is 4.88. The number of alkyl halides is 1. The molecule has 0 fully saturated rings. The van der Waals surface area contributed by atoms with Crippen molar-refractivity contribution in [3.8, 4) is 0 Å². The van der Waals surface area contributed by atoms with E-state index in [1.807, 2.05) is 0 Å². The van der Waals surface area contributed by atoms with E-state index < -0.39 is 12.1 Å². The topological polar surface area (TPSA) is 57.5 Å². The highest BCUT2D eigenvalue weighted by Gasteiger charge is 2.13. The van der Waals surface area contributed by atoms with Crippen molar-refractivity contribution in [2.24, 2.45) is 0 Å². The van der Waals surface area contributed by atoms with E-state index >= 15 is 0 Å². The summed E-state index contributed by atoms with van der Waals surface area (Å²) in [6.07, 6.45) is -1.73. The summed E-state index contributed by atoms with van der Waals surface area (Å²) in [5.74, 6) is -1.46. The van der Waals surface area contributed by atoms with Gasteiger partial charge in [0, 0.05) is 6.61 Å². The van der Waals surface area contributed by atoms with Crippen molar-refractivity contribution in [1.82, 2.24) is 0 Å². The molecule has 0 heterocycles. The fourth-order valence-corrected chi connectivity index (χ4v) is 0.394. The van der Waals surface area contributed by atoms with E-state index in [1.54, 1.807) is 0 Å². The van der Waals surface area contributed by atoms with Crippen LogP contribution in [0.1, 0.15) is 12.8 Å². The molecule has 1 unspecified atom stereocenters. The maximum absolute atomic E-state index is 12.0. The molecule has 3 nitrogen and oxygen atoms in total. The quantitative estimate of drug-likeness (QED) is 0.579. The molecule has 54 valence electrons. The summed E-state index contributed by atoms with van der Waals surface area (Å²) in [5.41, 5.74) is 0. The molecule has 0 spiro atoms. The summed E-state index contributed by atoms with van der Waals surface area (Å²) in [6, 6.07) is 0. The Kier molecular flexibility index (Phi) is 3.96. The van der Waals surface area contributed by atoms with Crippen LogP contribution in [0.15, 0.2) is 0 Å². The molecule has 0 aliphatic rings. The summed E-state index contributed by atoms with van der Waals surface area (Å²) in [7, 11) is 0. The summed E-state index contributed by atoms with van der Waals surface area (Å²) in [6.45, 7) is -0.159. The molecule has 0 amide bonds. The highest BCUT2D eigenvalue weighted by atomic mass is 19.1. The van der Waals surface area contributed by atoms with Gasteiger partial charge >= 0.3 is 5.97 Å². The second-order valence-corrected chi connectivity index (χ2v) is 1.67. The van der Waals surface area contributed by atoms with Crippen molar-refractivity contribution >= 4 is 5.97 Å². The molecule has 9 heavy (non-hydrogen) atoms. The van der Waals surface area contributed by atoms with Crippen LogP contribution in [0.2, 0.25) is 0 Å². The molecule has 4 heteroatoms. The summed E-state index contributed by atoms with van der Waals surface area (Å²) in [4.78, 5) is 9.75. The Morgan fingerprint density at radius 1 is 1.67 bits per heavy atom. The van der Waals surface area contributed by atoms with E-state index in [2.05, 4.69) is 0 Å². The second-order valence-electron chi connectivity index (χ2n) is 1.67. The minimum absolute atomic E-state index is 0.105. The van der Waals surface area contributed by atoms with Gasteiger partial charge in [-0.3, -0.25) is 0 Å². The molecule has 0 saturated heterocycles. The van der Waals surface area contributed by atoms with Gasteiger partial charge < -0.3 is 10.2 Å². The lowest BCUT2D eigenvalue weighted by molar-refractivity contribution is -0.143. The van der Waals surface area contributed by atoms with Gasteiger partial charge in [-0.2, -0.15) is 0 Å². The van der Waals surface area contributed by atoms with E-state index in [9.17, 15) is 9.18 Å². The third kappa shape index (κ3) is 3.90. The standard InChI is InChI=1S/C5H9FO3/c6-4(5(8)9)2-1-3-7/h4,7H,1-3H2,(H,8,9). The number of carboxylic acid groups (broad SMARTS) is 1. The van der Waals surface area contributed by atoms with E-state index in [1.165, 1.54) is 0 Å². The predicted octanol–water partition coefficient (Wildman–Crippen LogP) is 0.182. The number of hydrogen-bond acceptors (Lipinski definition) is 2. The van der Waals surface area contributed by atoms with Gasteiger partial charge in [0.05, 0.1) is 0 Å². The molecule has 1 atom stereocenters. The van der Waals surface area contributed by atoms with Gasteiger partial charge in [-0.25, -0.2) is 9.18 Å². The Morgan fingerprint density at radius 2 is 2.22 bits per heavy atom. The van der Waals surface area contributed by atoms with Gasteiger partial charge in [-0.15, -0.1) is 0 Å². The maximum atomic E-state index is 12.0. The van der Waals surface area contributed by atoms with Crippen LogP contribution in [-0.2, 0) is 4.79 Å². The number of halogens is 1. The SMILES string of the molecule is O=C(O)C(F)CCCO. The van der Waals surface area contributed by atoms with Gasteiger partial charge in [0.1, 0.15) is 0 Å². The van der Waals surface area contributed by atoms with Gasteiger partial charge in [0.25, 0.3) is 0 Å². The molecule has 2 N–H and O–H groups in total. The number of hydrogen-bond donors (Lipinski definition) is 2. The van der Waals surface area contributed by atoms with Gasteiger partial charge in [0.15, 0.2) is 6.17 Å². The summed E-state index contributed by atoms with van der Waals surface area (Å²) < 4.78 is 12.0. The molecule has 0 saturated carbocycles. The Balaban J connectivity index is 3.27. The molecule has 0 aliphatic carbocycles. The number of aliphatic hydroxyl groups excluding tert-OH is 1. The van der Waals surface area contributed by atoms with E-state index in [4.69, 9.17) is 10.2 Å². The Hall–Kier alpha value is -0.640. The summed E-state index contributed by atoms with van der Waals surface area (Å²) in [5, 5.41) is 16.1. The molecule has 0 aromatic carbocycles. The first kappa shape index (κ1) is 8.36. The van der Waals surface area contributed by atoms with Crippen molar-refractivity contribution in [2.75, 3.05) is 6.61 Å². The first-order valence-electron chi connectivity index (χ1n) is 2.66. The average Bonchev–Trinajstić information content (AvgIpc) is 1.82. The third-order valence-corrected chi connectivity index (χ3v) is 0.884. The van der Waals surface area contributed by atoms with Gasteiger partial charge in [-0.05, 0) is 12.8 Å². The molecule has 0 bridgehead atoms. The van der Waals surface area contributed by atoms with Crippen LogP contribution in [-0.4, -0.2) is 29.0 Å². The van der Waals surface area contributed by atoms with E-state index in [-0.39, 0.29) is 19.4 Å². The van der Waals surface area contributed by atoms with Crippen LogP contribution in [0, 0.1) is 0 Å². The Labute approximate surface area is 52.1 Å². The molecular formula is C5H9FO3. The van der Waals surface area contributed by atoms with Crippen LogP contribution in [0.4, 0.5) is 4.39 Å². The molecular weight excluding hydrogens is 127 g/mol. The predicted molar refractivity (Wildman–Crippen MR) is 28.9 cm³/mol. The minimum Gasteiger partial charge on any atom is -0.479 e. The van der Waals surface area contributed by atoms with Crippen molar-refractivity contribution in [3.63, 3.8) is 0 Å². The number of carboxylic acids is 1. The lowest BCUT2D eigenvalue weighted by Gasteiger charge is -1.98. The van der Waals surface area contributed by atoms with Crippen LogP contribution in [0.3, 0.4) is 0 Å². The minimum atomic E-state index is -1.82. The fraction of sp³-hybridized carbons (Fsp3) is 0.800. The van der Waals surface area contributed by atoms with Crippen LogP contribution < -0.4 is 0 Å². The van der Waals surface area contributed by atoms with Crippen molar-refractivity contribution in [2.45, 2.75) is 19.0 Å². The molecule has 0 aliphatic heterocycles.